The number of hydrogen-bond donors (Lipinski definition) is 1. The summed E-state index contributed by atoms with van der Waals surface area (Å²) in [6.45, 7) is 4.76. The van der Waals surface area contributed by atoms with Gasteiger partial charge >= 0.3 is 0 Å². The van der Waals surface area contributed by atoms with E-state index >= 15 is 0 Å². The van der Waals surface area contributed by atoms with E-state index in [1.165, 1.54) is 36.6 Å². The SMILES string of the molecule is CCNCc1cc(OCC2CCCC2)nc2ccccc12. The van der Waals surface area contributed by atoms with Crippen LogP contribution in [-0.2, 0) is 6.54 Å². The van der Waals surface area contributed by atoms with Gasteiger partial charge in [-0.1, -0.05) is 38.0 Å². The Morgan fingerprint density at radius 1 is 1.24 bits per heavy atom. The van der Waals surface area contributed by atoms with Gasteiger partial charge in [-0.25, -0.2) is 4.98 Å². The molecule has 0 radical (unpaired) electrons. The fraction of sp³-hybridized carbons (Fsp3) is 0.500. The lowest BCUT2D eigenvalue weighted by Gasteiger charge is -2.13. The van der Waals surface area contributed by atoms with Crippen LogP contribution < -0.4 is 10.1 Å². The van der Waals surface area contributed by atoms with E-state index in [2.05, 4.69) is 41.5 Å². The Kier molecular flexibility index (Phi) is 4.71. The molecule has 0 spiro atoms. The molecule has 2 aromatic rings. The van der Waals surface area contributed by atoms with Crippen molar-refractivity contribution in [3.8, 4) is 5.88 Å². The van der Waals surface area contributed by atoms with Crippen molar-refractivity contribution in [2.45, 2.75) is 39.2 Å². The van der Waals surface area contributed by atoms with E-state index in [0.29, 0.717) is 0 Å². The third kappa shape index (κ3) is 3.53. The van der Waals surface area contributed by atoms with E-state index in [-0.39, 0.29) is 0 Å². The predicted molar refractivity (Wildman–Crippen MR) is 86.6 cm³/mol. The number of nitrogens with zero attached hydrogens (tertiary/aromatic N) is 1. The van der Waals surface area contributed by atoms with E-state index in [0.717, 1.165) is 37.0 Å². The normalized spacial score (nSPS) is 15.7. The van der Waals surface area contributed by atoms with Gasteiger partial charge in [-0.2, -0.15) is 0 Å². The lowest BCUT2D eigenvalue weighted by atomic mass is 10.1. The monoisotopic (exact) mass is 284 g/mol. The molecule has 21 heavy (non-hydrogen) atoms. The van der Waals surface area contributed by atoms with Crippen LogP contribution in [0.2, 0.25) is 0 Å². The number of rotatable bonds is 6. The summed E-state index contributed by atoms with van der Waals surface area (Å²) in [6.07, 6.45) is 5.31. The van der Waals surface area contributed by atoms with Crippen molar-refractivity contribution in [1.29, 1.82) is 0 Å². The van der Waals surface area contributed by atoms with E-state index in [1.807, 2.05) is 6.07 Å². The third-order valence-electron chi connectivity index (χ3n) is 4.29. The first-order valence-electron chi connectivity index (χ1n) is 8.09. The molecule has 3 rings (SSSR count). The Hall–Kier alpha value is -1.61. The van der Waals surface area contributed by atoms with Crippen LogP contribution in [0.5, 0.6) is 5.88 Å². The predicted octanol–water partition coefficient (Wildman–Crippen LogP) is 3.91. The summed E-state index contributed by atoms with van der Waals surface area (Å²) in [7, 11) is 0. The number of para-hydroxylation sites is 1. The fourth-order valence-electron chi connectivity index (χ4n) is 3.08. The molecular formula is C18H24N2O. The topological polar surface area (TPSA) is 34.1 Å². The molecule has 0 aliphatic heterocycles. The van der Waals surface area contributed by atoms with Gasteiger partial charge in [-0.05, 0) is 36.9 Å². The largest absolute Gasteiger partial charge is 0.477 e. The van der Waals surface area contributed by atoms with Crippen LogP contribution in [0.1, 0.15) is 38.2 Å². The second kappa shape index (κ2) is 6.90. The molecule has 112 valence electrons. The summed E-state index contributed by atoms with van der Waals surface area (Å²) in [5.41, 5.74) is 2.29. The second-order valence-electron chi connectivity index (χ2n) is 5.88. The molecule has 1 aliphatic carbocycles. The van der Waals surface area contributed by atoms with Crippen molar-refractivity contribution >= 4 is 10.9 Å². The molecule has 0 saturated heterocycles. The molecule has 1 saturated carbocycles. The van der Waals surface area contributed by atoms with Crippen molar-refractivity contribution in [3.05, 3.63) is 35.9 Å². The zero-order valence-corrected chi connectivity index (χ0v) is 12.8. The number of benzene rings is 1. The summed E-state index contributed by atoms with van der Waals surface area (Å²) < 4.78 is 5.98. The summed E-state index contributed by atoms with van der Waals surface area (Å²) in [5.74, 6) is 1.49. The molecule has 1 aliphatic rings. The van der Waals surface area contributed by atoms with E-state index in [9.17, 15) is 0 Å². The van der Waals surface area contributed by atoms with Crippen LogP contribution in [0, 0.1) is 5.92 Å². The summed E-state index contributed by atoms with van der Waals surface area (Å²) in [5, 5.41) is 4.61. The standard InChI is InChI=1S/C18H24N2O/c1-2-19-12-15-11-18(21-13-14-7-3-4-8-14)20-17-10-6-5-9-16(15)17/h5-6,9-11,14,19H,2-4,7-8,12-13H2,1H3. The molecule has 0 amide bonds. The zero-order valence-electron chi connectivity index (χ0n) is 12.8. The van der Waals surface area contributed by atoms with Gasteiger partial charge in [0.25, 0.3) is 0 Å². The number of pyridine rings is 1. The average molecular weight is 284 g/mol. The molecule has 1 fully saturated rings. The Morgan fingerprint density at radius 2 is 2.05 bits per heavy atom. The van der Waals surface area contributed by atoms with Crippen LogP contribution in [0.15, 0.2) is 30.3 Å². The molecule has 1 aromatic carbocycles. The minimum Gasteiger partial charge on any atom is -0.477 e. The third-order valence-corrected chi connectivity index (χ3v) is 4.29. The van der Waals surface area contributed by atoms with E-state index in [1.54, 1.807) is 0 Å². The van der Waals surface area contributed by atoms with Gasteiger partial charge in [0.05, 0.1) is 12.1 Å². The zero-order chi connectivity index (χ0) is 14.5. The first-order valence-corrected chi connectivity index (χ1v) is 8.09. The van der Waals surface area contributed by atoms with Crippen molar-refractivity contribution in [3.63, 3.8) is 0 Å². The minimum absolute atomic E-state index is 0.718. The van der Waals surface area contributed by atoms with Crippen LogP contribution in [0.25, 0.3) is 10.9 Å². The fourth-order valence-corrected chi connectivity index (χ4v) is 3.08. The number of hydrogen-bond acceptors (Lipinski definition) is 3. The van der Waals surface area contributed by atoms with Crippen molar-refractivity contribution in [2.75, 3.05) is 13.2 Å². The molecule has 1 N–H and O–H groups in total. The first-order chi connectivity index (χ1) is 10.4. The highest BCUT2D eigenvalue weighted by Gasteiger charge is 2.16. The van der Waals surface area contributed by atoms with Crippen molar-refractivity contribution in [1.82, 2.24) is 10.3 Å². The number of fused-ring (bicyclic) bond motifs is 1. The lowest BCUT2D eigenvalue weighted by Crippen LogP contribution is -2.13. The van der Waals surface area contributed by atoms with Gasteiger partial charge in [-0.3, -0.25) is 0 Å². The highest BCUT2D eigenvalue weighted by molar-refractivity contribution is 5.82. The highest BCUT2D eigenvalue weighted by atomic mass is 16.5. The summed E-state index contributed by atoms with van der Waals surface area (Å²) >= 11 is 0. The molecule has 3 nitrogen and oxygen atoms in total. The van der Waals surface area contributed by atoms with Crippen molar-refractivity contribution in [2.24, 2.45) is 5.92 Å². The Bertz CT molecular complexity index is 591. The number of nitrogens with one attached hydrogen (secondary N) is 1. The highest BCUT2D eigenvalue weighted by Crippen LogP contribution is 2.27. The van der Waals surface area contributed by atoms with Gasteiger partial charge in [0.1, 0.15) is 0 Å². The maximum Gasteiger partial charge on any atom is 0.214 e. The summed E-state index contributed by atoms with van der Waals surface area (Å²) in [4.78, 5) is 4.65. The van der Waals surface area contributed by atoms with Crippen LogP contribution in [0.4, 0.5) is 0 Å². The maximum atomic E-state index is 5.98. The van der Waals surface area contributed by atoms with Crippen LogP contribution in [-0.4, -0.2) is 18.1 Å². The Labute approximate surface area is 126 Å². The molecule has 3 heteroatoms. The number of aromatic nitrogens is 1. The van der Waals surface area contributed by atoms with Gasteiger partial charge in [0, 0.05) is 18.0 Å². The van der Waals surface area contributed by atoms with Crippen LogP contribution in [0.3, 0.4) is 0 Å². The van der Waals surface area contributed by atoms with Gasteiger partial charge in [-0.15, -0.1) is 0 Å². The van der Waals surface area contributed by atoms with Gasteiger partial charge in [0.15, 0.2) is 0 Å². The Balaban J connectivity index is 1.80. The maximum absolute atomic E-state index is 5.98. The van der Waals surface area contributed by atoms with E-state index in [4.69, 9.17) is 4.74 Å². The molecule has 0 atom stereocenters. The molecule has 0 bridgehead atoms. The molecule has 1 aromatic heterocycles. The smallest absolute Gasteiger partial charge is 0.214 e. The first kappa shape index (κ1) is 14.3. The Morgan fingerprint density at radius 3 is 2.86 bits per heavy atom. The molecular weight excluding hydrogens is 260 g/mol. The van der Waals surface area contributed by atoms with Gasteiger partial charge in [0.2, 0.25) is 5.88 Å². The summed E-state index contributed by atoms with van der Waals surface area (Å²) in [6, 6.07) is 10.4. The van der Waals surface area contributed by atoms with Crippen LogP contribution >= 0.6 is 0 Å². The second-order valence-corrected chi connectivity index (χ2v) is 5.88. The van der Waals surface area contributed by atoms with Gasteiger partial charge < -0.3 is 10.1 Å². The quantitative estimate of drug-likeness (QED) is 0.873. The number of ether oxygens (including phenoxy) is 1. The molecule has 1 heterocycles. The lowest BCUT2D eigenvalue weighted by molar-refractivity contribution is 0.244. The van der Waals surface area contributed by atoms with E-state index < -0.39 is 0 Å². The van der Waals surface area contributed by atoms with Crippen molar-refractivity contribution < 1.29 is 4.74 Å². The minimum atomic E-state index is 0.718. The molecule has 0 unspecified atom stereocenters. The average Bonchev–Trinajstić information content (AvgIpc) is 3.04.